The summed E-state index contributed by atoms with van der Waals surface area (Å²) in [4.78, 5) is 19.0. The average Bonchev–Trinajstić information content (AvgIpc) is 2.84. The lowest BCUT2D eigenvalue weighted by molar-refractivity contribution is -0.117. The number of thioether (sulfide) groups is 1. The Morgan fingerprint density at radius 1 is 1.32 bits per heavy atom. The molecule has 1 aliphatic carbocycles. The number of nitrogens with zero attached hydrogens (tertiary/aromatic N) is 1. The van der Waals surface area contributed by atoms with E-state index in [-0.39, 0.29) is 5.41 Å². The van der Waals surface area contributed by atoms with E-state index in [2.05, 4.69) is 36.2 Å². The first-order valence-corrected chi connectivity index (χ1v) is 12.5. The van der Waals surface area contributed by atoms with Crippen LogP contribution < -0.4 is 5.32 Å². The fourth-order valence-corrected chi connectivity index (χ4v) is 6.37. The number of benzene rings is 1. The van der Waals surface area contributed by atoms with Gasteiger partial charge in [-0.05, 0) is 63.1 Å². The second kappa shape index (κ2) is 10.3. The molecule has 1 aromatic carbocycles. The first-order chi connectivity index (χ1) is 15.2. The van der Waals surface area contributed by atoms with Gasteiger partial charge in [0.05, 0.1) is 17.3 Å². The van der Waals surface area contributed by atoms with E-state index in [1.165, 1.54) is 5.56 Å². The summed E-state index contributed by atoms with van der Waals surface area (Å²) in [5, 5.41) is 4.63. The molecule has 2 aliphatic heterocycles. The molecule has 5 heteroatoms. The molecule has 4 rings (SSSR count). The highest BCUT2D eigenvalue weighted by molar-refractivity contribution is 8.13. The highest BCUT2D eigenvalue weighted by atomic mass is 32.2. The number of ether oxygens (including phenoxy) is 1. The minimum atomic E-state index is -0.0872. The minimum Gasteiger partial charge on any atom is -0.384 e. The molecule has 1 aromatic rings. The topological polar surface area (TPSA) is 50.7 Å². The Balaban J connectivity index is 1.85. The number of ketones is 1. The van der Waals surface area contributed by atoms with E-state index in [1.807, 2.05) is 6.08 Å². The van der Waals surface area contributed by atoms with Gasteiger partial charge >= 0.3 is 0 Å². The molecule has 1 N–H and O–H groups in total. The number of piperidine rings is 1. The molecule has 3 aliphatic rings. The molecule has 0 aromatic heterocycles. The minimum absolute atomic E-state index is 0.0872. The van der Waals surface area contributed by atoms with Crippen molar-refractivity contribution in [2.75, 3.05) is 32.6 Å². The predicted octanol–water partition coefficient (Wildman–Crippen LogP) is 5.05. The maximum atomic E-state index is 13.8. The summed E-state index contributed by atoms with van der Waals surface area (Å²) in [5.41, 5.74) is 4.37. The molecule has 1 saturated heterocycles. The van der Waals surface area contributed by atoms with Crippen LogP contribution in [0.1, 0.15) is 49.7 Å². The molecule has 166 valence electrons. The van der Waals surface area contributed by atoms with Gasteiger partial charge < -0.3 is 10.1 Å². The fourth-order valence-electron chi connectivity index (χ4n) is 5.37. The zero-order valence-corrected chi connectivity index (χ0v) is 19.4. The first kappa shape index (κ1) is 22.5. The van der Waals surface area contributed by atoms with Crippen molar-refractivity contribution < 1.29 is 9.53 Å². The molecule has 0 saturated carbocycles. The van der Waals surface area contributed by atoms with Crippen LogP contribution in [0.25, 0.3) is 5.70 Å². The van der Waals surface area contributed by atoms with Crippen LogP contribution in [-0.2, 0) is 16.0 Å². The third kappa shape index (κ3) is 4.89. The molecule has 1 atom stereocenters. The van der Waals surface area contributed by atoms with Crippen molar-refractivity contribution in [3.05, 3.63) is 53.6 Å². The Bertz CT molecular complexity index is 883. The second-order valence-electron chi connectivity index (χ2n) is 8.99. The van der Waals surface area contributed by atoms with E-state index in [0.29, 0.717) is 24.7 Å². The van der Waals surface area contributed by atoms with Crippen molar-refractivity contribution in [3.63, 3.8) is 0 Å². The van der Waals surface area contributed by atoms with E-state index < -0.39 is 0 Å². The molecule has 31 heavy (non-hydrogen) atoms. The number of carbonyl (C=O) groups excluding carboxylic acids is 1. The SMILES string of the molecule is C=CCC1CCC(=O)C2=C(N=C(SCCOC)C1)c1ccccc1CC21CCNCC1. The zero-order chi connectivity index (χ0) is 21.7. The van der Waals surface area contributed by atoms with Gasteiger partial charge in [0.2, 0.25) is 0 Å². The van der Waals surface area contributed by atoms with E-state index in [9.17, 15) is 4.79 Å². The van der Waals surface area contributed by atoms with Gasteiger partial charge in [-0.15, -0.1) is 18.3 Å². The van der Waals surface area contributed by atoms with Crippen molar-refractivity contribution >= 4 is 28.3 Å². The Morgan fingerprint density at radius 2 is 2.13 bits per heavy atom. The van der Waals surface area contributed by atoms with Crippen LogP contribution in [0, 0.1) is 11.3 Å². The number of fused-ring (bicyclic) bond motifs is 3. The molecular weight excluding hydrogens is 404 g/mol. The summed E-state index contributed by atoms with van der Waals surface area (Å²) in [6.07, 6.45) is 8.29. The molecular formula is C26H34N2O2S. The van der Waals surface area contributed by atoms with Crippen molar-refractivity contribution in [2.45, 2.75) is 44.9 Å². The van der Waals surface area contributed by atoms with Gasteiger partial charge in [-0.3, -0.25) is 4.79 Å². The number of Topliss-reactive ketones (excluding diaryl/α,β-unsaturated/α-hetero) is 1. The number of carbonyl (C=O) groups is 1. The maximum absolute atomic E-state index is 13.8. The van der Waals surface area contributed by atoms with Crippen molar-refractivity contribution in [3.8, 4) is 0 Å². The van der Waals surface area contributed by atoms with E-state index in [0.717, 1.165) is 79.2 Å². The molecule has 4 nitrogen and oxygen atoms in total. The lowest BCUT2D eigenvalue weighted by atomic mass is 9.63. The van der Waals surface area contributed by atoms with Crippen LogP contribution >= 0.6 is 11.8 Å². The number of hydrogen-bond donors (Lipinski definition) is 1. The van der Waals surface area contributed by atoms with Gasteiger partial charge in [0.15, 0.2) is 5.78 Å². The van der Waals surface area contributed by atoms with Gasteiger partial charge in [0.25, 0.3) is 0 Å². The Hall–Kier alpha value is -1.69. The van der Waals surface area contributed by atoms with Gasteiger partial charge in [0, 0.05) is 35.8 Å². The Labute approximate surface area is 190 Å². The third-order valence-electron chi connectivity index (χ3n) is 6.94. The quantitative estimate of drug-likeness (QED) is 0.516. The highest BCUT2D eigenvalue weighted by Crippen LogP contribution is 2.50. The fraction of sp³-hybridized carbons (Fsp3) is 0.538. The van der Waals surface area contributed by atoms with Crippen LogP contribution in [0.5, 0.6) is 0 Å². The van der Waals surface area contributed by atoms with Crippen molar-refractivity contribution in [1.82, 2.24) is 5.32 Å². The molecule has 0 radical (unpaired) electrons. The third-order valence-corrected chi connectivity index (χ3v) is 7.91. The summed E-state index contributed by atoms with van der Waals surface area (Å²) in [7, 11) is 1.74. The van der Waals surface area contributed by atoms with Crippen molar-refractivity contribution in [1.29, 1.82) is 0 Å². The molecule has 0 bridgehead atoms. The number of nitrogens with one attached hydrogen (secondary N) is 1. The molecule has 1 unspecified atom stereocenters. The van der Waals surface area contributed by atoms with Crippen LogP contribution in [0.3, 0.4) is 0 Å². The number of methoxy groups -OCH3 is 1. The molecule has 1 spiro atoms. The summed E-state index contributed by atoms with van der Waals surface area (Å²) in [6.45, 7) is 6.58. The van der Waals surface area contributed by atoms with Gasteiger partial charge in [-0.1, -0.05) is 30.3 Å². The molecule has 0 amide bonds. The van der Waals surface area contributed by atoms with Crippen LogP contribution in [0.4, 0.5) is 0 Å². The number of hydrogen-bond acceptors (Lipinski definition) is 5. The summed E-state index contributed by atoms with van der Waals surface area (Å²) in [6, 6.07) is 8.59. The van der Waals surface area contributed by atoms with Gasteiger partial charge in [-0.25, -0.2) is 4.99 Å². The second-order valence-corrected chi connectivity index (χ2v) is 10.2. The number of aliphatic imine (C=N–C) groups is 1. The van der Waals surface area contributed by atoms with Crippen LogP contribution in [0.15, 0.2) is 47.5 Å². The normalized spacial score (nSPS) is 23.3. The maximum Gasteiger partial charge on any atom is 0.161 e. The van der Waals surface area contributed by atoms with E-state index >= 15 is 0 Å². The highest BCUT2D eigenvalue weighted by Gasteiger charge is 2.44. The smallest absolute Gasteiger partial charge is 0.161 e. The Kier molecular flexibility index (Phi) is 7.47. The lowest BCUT2D eigenvalue weighted by Gasteiger charge is -2.43. The largest absolute Gasteiger partial charge is 0.384 e. The first-order valence-electron chi connectivity index (χ1n) is 11.5. The zero-order valence-electron chi connectivity index (χ0n) is 18.6. The molecule has 1 fully saturated rings. The average molecular weight is 439 g/mol. The Morgan fingerprint density at radius 3 is 2.90 bits per heavy atom. The molecule has 2 heterocycles. The van der Waals surface area contributed by atoms with E-state index in [4.69, 9.17) is 9.73 Å². The lowest BCUT2D eigenvalue weighted by Crippen LogP contribution is -2.43. The predicted molar refractivity (Wildman–Crippen MR) is 131 cm³/mol. The van der Waals surface area contributed by atoms with Crippen molar-refractivity contribution in [2.24, 2.45) is 16.3 Å². The summed E-state index contributed by atoms with van der Waals surface area (Å²) >= 11 is 1.78. The summed E-state index contributed by atoms with van der Waals surface area (Å²) < 4.78 is 5.29. The standard InChI is InChI=1S/C26H34N2O2S/c1-3-6-19-9-10-22(29)24-25(28-23(17-19)31-16-15-30-2)21-8-5-4-7-20(21)18-26(24)11-13-27-14-12-26/h3-5,7-8,19,27H,1,6,9-18H2,2H3. The number of rotatable bonds is 5. The monoisotopic (exact) mass is 438 g/mol. The van der Waals surface area contributed by atoms with Crippen LogP contribution in [-0.4, -0.2) is 43.4 Å². The van der Waals surface area contributed by atoms with E-state index in [1.54, 1.807) is 18.9 Å². The van der Waals surface area contributed by atoms with Crippen LogP contribution in [0.2, 0.25) is 0 Å². The van der Waals surface area contributed by atoms with Gasteiger partial charge in [0.1, 0.15) is 0 Å². The number of allylic oxidation sites excluding steroid dienone is 2. The van der Waals surface area contributed by atoms with Gasteiger partial charge in [-0.2, -0.15) is 0 Å². The summed E-state index contributed by atoms with van der Waals surface area (Å²) in [5.74, 6) is 1.60.